The molecule has 46 heavy (non-hydrogen) atoms. The van der Waals surface area contributed by atoms with Gasteiger partial charge in [-0.1, -0.05) is 95.5 Å². The van der Waals surface area contributed by atoms with E-state index in [1.807, 2.05) is 58.0 Å². The van der Waals surface area contributed by atoms with Gasteiger partial charge < -0.3 is 10.2 Å². The summed E-state index contributed by atoms with van der Waals surface area (Å²) < 4.78 is 44.3. The maximum absolute atomic E-state index is 15.1. The van der Waals surface area contributed by atoms with E-state index in [4.69, 9.17) is 23.2 Å². The summed E-state index contributed by atoms with van der Waals surface area (Å²) in [6.45, 7) is 6.20. The van der Waals surface area contributed by atoms with Crippen molar-refractivity contribution in [3.63, 3.8) is 0 Å². The van der Waals surface area contributed by atoms with Crippen LogP contribution in [0.2, 0.25) is 10.0 Å². The highest BCUT2D eigenvalue weighted by Gasteiger charge is 2.36. The molecule has 4 aromatic carbocycles. The first-order valence-electron chi connectivity index (χ1n) is 14.6. The minimum atomic E-state index is -4.39. The minimum absolute atomic E-state index is 0.0207. The van der Waals surface area contributed by atoms with E-state index in [2.05, 4.69) is 5.32 Å². The molecule has 1 atom stereocenters. The zero-order chi connectivity index (χ0) is 33.6. The lowest BCUT2D eigenvalue weighted by molar-refractivity contribution is -0.140. The van der Waals surface area contributed by atoms with Crippen LogP contribution in [-0.2, 0) is 32.6 Å². The van der Waals surface area contributed by atoms with Crippen molar-refractivity contribution in [2.45, 2.75) is 57.1 Å². The molecular weight excluding hydrogens is 648 g/mol. The van der Waals surface area contributed by atoms with Crippen molar-refractivity contribution in [2.75, 3.05) is 10.8 Å². The first kappa shape index (κ1) is 34.9. The summed E-state index contributed by atoms with van der Waals surface area (Å²) in [5, 5.41) is 2.96. The van der Waals surface area contributed by atoms with Crippen LogP contribution in [0.15, 0.2) is 102 Å². The highest BCUT2D eigenvalue weighted by molar-refractivity contribution is 7.92. The maximum Gasteiger partial charge on any atom is 0.264 e. The first-order valence-corrected chi connectivity index (χ1v) is 16.8. The Morgan fingerprint density at radius 3 is 2.13 bits per heavy atom. The molecular formula is C35H36Cl2FN3O4S. The molecule has 4 aromatic rings. The number of carbonyl (C=O) groups is 2. The molecule has 0 aromatic heterocycles. The third-order valence-electron chi connectivity index (χ3n) is 7.16. The smallest absolute Gasteiger partial charge is 0.264 e. The van der Waals surface area contributed by atoms with Gasteiger partial charge in [0.15, 0.2) is 0 Å². The van der Waals surface area contributed by atoms with Gasteiger partial charge in [0.1, 0.15) is 18.4 Å². The molecule has 11 heteroatoms. The van der Waals surface area contributed by atoms with E-state index in [0.717, 1.165) is 15.4 Å². The van der Waals surface area contributed by atoms with Gasteiger partial charge in [-0.25, -0.2) is 12.8 Å². The van der Waals surface area contributed by atoms with Gasteiger partial charge in [0.25, 0.3) is 10.0 Å². The van der Waals surface area contributed by atoms with Crippen molar-refractivity contribution in [3.8, 4) is 0 Å². The molecule has 0 unspecified atom stereocenters. The Bertz CT molecular complexity index is 1800. The first-order chi connectivity index (χ1) is 21.7. The van der Waals surface area contributed by atoms with Gasteiger partial charge >= 0.3 is 0 Å². The summed E-state index contributed by atoms with van der Waals surface area (Å²) >= 11 is 12.8. The van der Waals surface area contributed by atoms with Crippen molar-refractivity contribution in [1.29, 1.82) is 0 Å². The number of nitrogens with zero attached hydrogens (tertiary/aromatic N) is 2. The Labute approximate surface area is 280 Å². The highest BCUT2D eigenvalue weighted by atomic mass is 35.5. The lowest BCUT2D eigenvalue weighted by Crippen LogP contribution is -2.56. The van der Waals surface area contributed by atoms with Gasteiger partial charge in [-0.3, -0.25) is 13.9 Å². The van der Waals surface area contributed by atoms with Crippen molar-refractivity contribution in [1.82, 2.24) is 10.2 Å². The van der Waals surface area contributed by atoms with E-state index in [0.29, 0.717) is 0 Å². The van der Waals surface area contributed by atoms with Crippen LogP contribution >= 0.6 is 23.2 Å². The van der Waals surface area contributed by atoms with Gasteiger partial charge in [0, 0.05) is 24.1 Å². The Hall–Kier alpha value is -3.92. The van der Waals surface area contributed by atoms with Gasteiger partial charge in [-0.2, -0.15) is 0 Å². The van der Waals surface area contributed by atoms with Crippen molar-refractivity contribution >= 4 is 50.7 Å². The molecule has 0 saturated heterocycles. The fourth-order valence-corrected chi connectivity index (χ4v) is 6.73. The van der Waals surface area contributed by atoms with Crippen LogP contribution in [0.3, 0.4) is 0 Å². The fraction of sp³-hybridized carbons (Fsp3) is 0.257. The number of nitrogens with one attached hydrogen (secondary N) is 1. The van der Waals surface area contributed by atoms with Crippen LogP contribution in [0.25, 0.3) is 0 Å². The second-order valence-electron chi connectivity index (χ2n) is 12.0. The van der Waals surface area contributed by atoms with Crippen molar-refractivity contribution < 1.29 is 22.4 Å². The molecule has 4 rings (SSSR count). The Kier molecular flexibility index (Phi) is 11.1. The van der Waals surface area contributed by atoms with Gasteiger partial charge in [0.05, 0.1) is 20.6 Å². The molecule has 0 saturated carbocycles. The summed E-state index contributed by atoms with van der Waals surface area (Å²) in [6, 6.07) is 24.5. The van der Waals surface area contributed by atoms with E-state index in [-0.39, 0.29) is 39.2 Å². The van der Waals surface area contributed by atoms with Gasteiger partial charge in [-0.05, 0) is 63.6 Å². The lowest BCUT2D eigenvalue weighted by Gasteiger charge is -2.35. The highest BCUT2D eigenvalue weighted by Crippen LogP contribution is 2.36. The molecule has 0 heterocycles. The molecule has 0 fully saturated rings. The van der Waals surface area contributed by atoms with E-state index in [1.54, 1.807) is 18.2 Å². The predicted molar refractivity (Wildman–Crippen MR) is 181 cm³/mol. The average molecular weight is 685 g/mol. The molecule has 0 aliphatic heterocycles. The summed E-state index contributed by atoms with van der Waals surface area (Å²) in [5.41, 5.74) is 1.07. The van der Waals surface area contributed by atoms with Crippen LogP contribution in [0.1, 0.15) is 37.5 Å². The number of sulfonamides is 1. The zero-order valence-corrected chi connectivity index (χ0v) is 28.3. The molecule has 0 aliphatic rings. The quantitative estimate of drug-likeness (QED) is 0.181. The van der Waals surface area contributed by atoms with E-state index >= 15 is 4.39 Å². The number of hydrogen-bond donors (Lipinski definition) is 1. The predicted octanol–water partition coefficient (Wildman–Crippen LogP) is 7.19. The van der Waals surface area contributed by atoms with E-state index in [9.17, 15) is 18.0 Å². The van der Waals surface area contributed by atoms with Crippen LogP contribution in [0, 0.1) is 12.7 Å². The second kappa shape index (κ2) is 14.7. The molecule has 7 nitrogen and oxygen atoms in total. The molecule has 0 spiro atoms. The van der Waals surface area contributed by atoms with Crippen LogP contribution < -0.4 is 9.62 Å². The second-order valence-corrected chi connectivity index (χ2v) is 14.6. The van der Waals surface area contributed by atoms with Crippen LogP contribution in [0.5, 0.6) is 0 Å². The third-order valence-corrected chi connectivity index (χ3v) is 9.74. The topological polar surface area (TPSA) is 86.8 Å². The van der Waals surface area contributed by atoms with E-state index in [1.165, 1.54) is 53.4 Å². The molecule has 0 aliphatic carbocycles. The van der Waals surface area contributed by atoms with Crippen molar-refractivity contribution in [3.05, 3.63) is 130 Å². The number of anilines is 1. The monoisotopic (exact) mass is 683 g/mol. The fourth-order valence-electron chi connectivity index (χ4n) is 4.85. The summed E-state index contributed by atoms with van der Waals surface area (Å²) in [7, 11) is -4.39. The Balaban J connectivity index is 1.86. The molecule has 0 radical (unpaired) electrons. The van der Waals surface area contributed by atoms with Crippen molar-refractivity contribution in [2.24, 2.45) is 0 Å². The number of benzene rings is 4. The third kappa shape index (κ3) is 8.66. The maximum atomic E-state index is 15.1. The molecule has 2 amide bonds. The summed E-state index contributed by atoms with van der Waals surface area (Å²) in [4.78, 5) is 29.6. The average Bonchev–Trinajstić information content (AvgIpc) is 3.00. The summed E-state index contributed by atoms with van der Waals surface area (Å²) in [6.07, 6.45) is 0.0889. The van der Waals surface area contributed by atoms with Crippen LogP contribution in [-0.4, -0.2) is 43.3 Å². The normalized spacial score (nSPS) is 12.3. The number of hydrogen-bond acceptors (Lipinski definition) is 4. The van der Waals surface area contributed by atoms with Crippen LogP contribution in [0.4, 0.5) is 10.1 Å². The molecule has 0 bridgehead atoms. The number of amides is 2. The SMILES string of the molecule is Cc1ccc(S(=O)(=O)N(CC(=O)N(Cc2ccccc2F)[C@H](Cc2ccccc2)C(=O)NC(C)(C)C)c2cccc(Cl)c2Cl)cc1. The van der Waals surface area contributed by atoms with Gasteiger partial charge in [-0.15, -0.1) is 0 Å². The number of aryl methyl sites for hydroxylation is 1. The lowest BCUT2D eigenvalue weighted by atomic mass is 10.0. The zero-order valence-electron chi connectivity index (χ0n) is 26.0. The van der Waals surface area contributed by atoms with Gasteiger partial charge in [0.2, 0.25) is 11.8 Å². The standard InChI is InChI=1S/C35H36Cl2FN3O4S/c1-24-17-19-27(20-18-24)46(44,45)41(30-16-10-14-28(36)33(30)37)23-32(42)40(22-26-13-8-9-15-29(26)38)31(34(43)39-35(2,3)4)21-25-11-6-5-7-12-25/h5-20,31H,21-23H2,1-4H3,(H,39,43)/t31-/m1/s1. The largest absolute Gasteiger partial charge is 0.350 e. The molecule has 1 N–H and O–H groups in total. The number of carbonyl (C=O) groups excluding carboxylic acids is 2. The number of rotatable bonds is 11. The van der Waals surface area contributed by atoms with E-state index < -0.39 is 45.8 Å². The molecule has 242 valence electrons. The Morgan fingerprint density at radius 2 is 1.50 bits per heavy atom. The summed E-state index contributed by atoms with van der Waals surface area (Å²) in [5.74, 6) is -1.80. The minimum Gasteiger partial charge on any atom is -0.350 e. The Morgan fingerprint density at radius 1 is 0.870 bits per heavy atom. The number of halogens is 3.